The van der Waals surface area contributed by atoms with Crippen molar-refractivity contribution >= 4 is 18.3 Å². The number of aromatic nitrogens is 1. The van der Waals surface area contributed by atoms with Gasteiger partial charge in [-0.1, -0.05) is 30.3 Å². The summed E-state index contributed by atoms with van der Waals surface area (Å²) in [6.07, 6.45) is 4.67. The molecule has 1 saturated heterocycles. The Kier molecular flexibility index (Phi) is 7.37. The van der Waals surface area contributed by atoms with Crippen molar-refractivity contribution in [2.45, 2.75) is 12.5 Å². The lowest BCUT2D eigenvalue weighted by molar-refractivity contribution is -0.134. The zero-order valence-electron chi connectivity index (χ0n) is 14.3. The van der Waals surface area contributed by atoms with E-state index in [0.717, 1.165) is 44.7 Å². The molecular weight excluding hydrogens is 336 g/mol. The van der Waals surface area contributed by atoms with Gasteiger partial charge in [-0.25, -0.2) is 0 Å². The average molecular weight is 361 g/mol. The summed E-state index contributed by atoms with van der Waals surface area (Å²) < 4.78 is 0. The highest BCUT2D eigenvalue weighted by molar-refractivity contribution is 5.85. The lowest BCUT2D eigenvalue weighted by Crippen LogP contribution is -2.51. The fraction of sp³-hybridized carbons (Fsp3) is 0.368. The van der Waals surface area contributed by atoms with Gasteiger partial charge < -0.3 is 10.6 Å². The van der Waals surface area contributed by atoms with Crippen molar-refractivity contribution in [1.82, 2.24) is 14.8 Å². The van der Waals surface area contributed by atoms with Crippen LogP contribution in [0.25, 0.3) is 0 Å². The molecule has 0 aliphatic carbocycles. The predicted molar refractivity (Wildman–Crippen MR) is 102 cm³/mol. The van der Waals surface area contributed by atoms with Gasteiger partial charge >= 0.3 is 0 Å². The Labute approximate surface area is 155 Å². The van der Waals surface area contributed by atoms with Gasteiger partial charge in [0.25, 0.3) is 0 Å². The number of pyridine rings is 1. The first-order valence-electron chi connectivity index (χ1n) is 8.44. The summed E-state index contributed by atoms with van der Waals surface area (Å²) in [7, 11) is 0. The Morgan fingerprint density at radius 2 is 1.68 bits per heavy atom. The molecule has 0 spiro atoms. The molecule has 1 aromatic carbocycles. The van der Waals surface area contributed by atoms with E-state index >= 15 is 0 Å². The van der Waals surface area contributed by atoms with Crippen molar-refractivity contribution < 1.29 is 4.79 Å². The number of carbonyl (C=O) groups is 1. The van der Waals surface area contributed by atoms with Crippen LogP contribution in [0.15, 0.2) is 54.9 Å². The van der Waals surface area contributed by atoms with Crippen molar-refractivity contribution in [2.75, 3.05) is 32.7 Å². The molecule has 0 bridgehead atoms. The molecule has 1 aromatic heterocycles. The zero-order chi connectivity index (χ0) is 16.8. The van der Waals surface area contributed by atoms with Gasteiger partial charge in [-0.15, -0.1) is 12.4 Å². The standard InChI is InChI=1S/C19H24N4O.ClH/c20-18(17-4-2-1-3-5-17)19(24)23-14-12-22(13-15-23)11-8-16-6-9-21-10-7-16;/h1-7,9-10,18H,8,11-15,20H2;1H/t18-;/m1./s1. The van der Waals surface area contributed by atoms with E-state index in [9.17, 15) is 4.79 Å². The topological polar surface area (TPSA) is 62.5 Å². The van der Waals surface area contributed by atoms with Gasteiger partial charge in [0.2, 0.25) is 5.91 Å². The summed E-state index contributed by atoms with van der Waals surface area (Å²) in [6.45, 7) is 4.30. The second-order valence-corrected chi connectivity index (χ2v) is 6.16. The maximum atomic E-state index is 12.6. The molecule has 0 radical (unpaired) electrons. The van der Waals surface area contributed by atoms with Crippen LogP contribution in [0.4, 0.5) is 0 Å². The van der Waals surface area contributed by atoms with Crippen molar-refractivity contribution in [3.8, 4) is 0 Å². The highest BCUT2D eigenvalue weighted by Crippen LogP contribution is 2.14. The molecule has 2 heterocycles. The third kappa shape index (κ3) is 5.26. The molecule has 1 aliphatic rings. The molecule has 5 nitrogen and oxygen atoms in total. The summed E-state index contributed by atoms with van der Waals surface area (Å²) in [5.74, 6) is 0.0231. The van der Waals surface area contributed by atoms with Crippen LogP contribution in [-0.4, -0.2) is 53.4 Å². The van der Waals surface area contributed by atoms with Crippen molar-refractivity contribution in [2.24, 2.45) is 5.73 Å². The monoisotopic (exact) mass is 360 g/mol. The Morgan fingerprint density at radius 1 is 1.04 bits per heavy atom. The molecule has 0 saturated carbocycles. The van der Waals surface area contributed by atoms with E-state index in [4.69, 9.17) is 5.73 Å². The second kappa shape index (κ2) is 9.51. The number of piperazine rings is 1. The fourth-order valence-corrected chi connectivity index (χ4v) is 3.03. The van der Waals surface area contributed by atoms with E-state index in [1.807, 2.05) is 47.6 Å². The molecule has 1 atom stereocenters. The Bertz CT molecular complexity index is 645. The van der Waals surface area contributed by atoms with Gasteiger partial charge in [0.15, 0.2) is 0 Å². The highest BCUT2D eigenvalue weighted by atomic mass is 35.5. The first-order chi connectivity index (χ1) is 11.7. The molecule has 134 valence electrons. The van der Waals surface area contributed by atoms with E-state index in [2.05, 4.69) is 22.0 Å². The van der Waals surface area contributed by atoms with Crippen LogP contribution in [0.1, 0.15) is 17.2 Å². The van der Waals surface area contributed by atoms with Gasteiger partial charge in [-0.2, -0.15) is 0 Å². The minimum Gasteiger partial charge on any atom is -0.338 e. The van der Waals surface area contributed by atoms with Gasteiger partial charge in [0, 0.05) is 45.1 Å². The number of hydrogen-bond donors (Lipinski definition) is 1. The number of amides is 1. The zero-order valence-corrected chi connectivity index (χ0v) is 15.1. The Morgan fingerprint density at radius 3 is 2.32 bits per heavy atom. The van der Waals surface area contributed by atoms with Gasteiger partial charge in [-0.3, -0.25) is 14.7 Å². The smallest absolute Gasteiger partial charge is 0.244 e. The lowest BCUT2D eigenvalue weighted by atomic mass is 10.1. The molecule has 1 amide bonds. The quantitative estimate of drug-likeness (QED) is 0.884. The molecule has 3 rings (SSSR count). The van der Waals surface area contributed by atoms with Crippen LogP contribution in [0.5, 0.6) is 0 Å². The predicted octanol–water partition coefficient (Wildman–Crippen LogP) is 1.89. The number of hydrogen-bond acceptors (Lipinski definition) is 4. The van der Waals surface area contributed by atoms with E-state index in [1.165, 1.54) is 5.56 Å². The number of benzene rings is 1. The molecule has 1 fully saturated rings. The molecule has 0 unspecified atom stereocenters. The van der Waals surface area contributed by atoms with Gasteiger partial charge in [-0.05, 0) is 29.7 Å². The van der Waals surface area contributed by atoms with E-state index in [-0.39, 0.29) is 18.3 Å². The van der Waals surface area contributed by atoms with Crippen LogP contribution in [0.2, 0.25) is 0 Å². The lowest BCUT2D eigenvalue weighted by Gasteiger charge is -2.36. The molecular formula is C19H25ClN4O. The third-order valence-corrected chi connectivity index (χ3v) is 4.57. The van der Waals surface area contributed by atoms with Crippen molar-refractivity contribution in [1.29, 1.82) is 0 Å². The third-order valence-electron chi connectivity index (χ3n) is 4.57. The van der Waals surface area contributed by atoms with Crippen molar-refractivity contribution in [3.05, 3.63) is 66.0 Å². The fourth-order valence-electron chi connectivity index (χ4n) is 3.03. The number of nitrogens with zero attached hydrogens (tertiary/aromatic N) is 3. The summed E-state index contributed by atoms with van der Waals surface area (Å²) in [6, 6.07) is 13.1. The number of halogens is 1. The summed E-state index contributed by atoms with van der Waals surface area (Å²) in [4.78, 5) is 20.9. The normalized spacial score (nSPS) is 16.1. The second-order valence-electron chi connectivity index (χ2n) is 6.16. The van der Waals surface area contributed by atoms with Gasteiger partial charge in [0.1, 0.15) is 6.04 Å². The molecule has 2 aromatic rings. The van der Waals surface area contributed by atoms with Crippen LogP contribution >= 0.6 is 12.4 Å². The van der Waals surface area contributed by atoms with Crippen LogP contribution < -0.4 is 5.73 Å². The van der Waals surface area contributed by atoms with Crippen LogP contribution in [-0.2, 0) is 11.2 Å². The summed E-state index contributed by atoms with van der Waals surface area (Å²) >= 11 is 0. The minimum absolute atomic E-state index is 0. The molecule has 25 heavy (non-hydrogen) atoms. The molecule has 1 aliphatic heterocycles. The maximum Gasteiger partial charge on any atom is 0.244 e. The molecule has 6 heteroatoms. The summed E-state index contributed by atoms with van der Waals surface area (Å²) in [5.41, 5.74) is 8.31. The highest BCUT2D eigenvalue weighted by Gasteiger charge is 2.25. The van der Waals surface area contributed by atoms with Crippen LogP contribution in [0, 0.1) is 0 Å². The van der Waals surface area contributed by atoms with Gasteiger partial charge in [0.05, 0.1) is 0 Å². The van der Waals surface area contributed by atoms with Crippen LogP contribution in [0.3, 0.4) is 0 Å². The maximum absolute atomic E-state index is 12.6. The largest absolute Gasteiger partial charge is 0.338 e. The van der Waals surface area contributed by atoms with E-state index in [1.54, 1.807) is 0 Å². The number of carbonyl (C=O) groups excluding carboxylic acids is 1. The Balaban J connectivity index is 0.00000225. The average Bonchev–Trinajstić information content (AvgIpc) is 2.67. The van der Waals surface area contributed by atoms with E-state index in [0.29, 0.717) is 0 Å². The number of rotatable bonds is 5. The SMILES string of the molecule is Cl.N[C@@H](C(=O)N1CCN(CCc2ccncc2)CC1)c1ccccc1. The first kappa shape index (κ1) is 19.4. The molecule has 2 N–H and O–H groups in total. The number of nitrogens with two attached hydrogens (primary N) is 1. The van der Waals surface area contributed by atoms with E-state index < -0.39 is 6.04 Å². The minimum atomic E-state index is -0.561. The first-order valence-corrected chi connectivity index (χ1v) is 8.44. The summed E-state index contributed by atoms with van der Waals surface area (Å²) in [5, 5.41) is 0. The Hall–Kier alpha value is -1.95. The van der Waals surface area contributed by atoms with Crippen molar-refractivity contribution in [3.63, 3.8) is 0 Å².